The highest BCUT2D eigenvalue weighted by atomic mass is 32.2. The molecule has 2 fully saturated rings. The highest BCUT2D eigenvalue weighted by Crippen LogP contribution is 2.27. The Bertz CT molecular complexity index is 914. The van der Waals surface area contributed by atoms with Crippen LogP contribution in [-0.4, -0.2) is 78.4 Å². The van der Waals surface area contributed by atoms with Gasteiger partial charge in [0.05, 0.1) is 17.8 Å². The van der Waals surface area contributed by atoms with Gasteiger partial charge in [0.15, 0.2) is 5.69 Å². The second-order valence-electron chi connectivity index (χ2n) is 6.92. The summed E-state index contributed by atoms with van der Waals surface area (Å²) in [6.07, 6.45) is 2.64. The fourth-order valence-corrected chi connectivity index (χ4v) is 5.26. The Kier molecular flexibility index (Phi) is 4.45. The number of carbonyl (C=O) groups is 1. The van der Waals surface area contributed by atoms with E-state index in [2.05, 4.69) is 10.2 Å². The topological polar surface area (TPSA) is 95.6 Å². The number of nitrogens with one attached hydrogen (secondary N) is 1. The number of likely N-dealkylation sites (tertiary alicyclic amines) is 1. The molecule has 2 saturated heterocycles. The van der Waals surface area contributed by atoms with Gasteiger partial charge in [0.1, 0.15) is 0 Å². The molecule has 0 unspecified atom stereocenters. The van der Waals surface area contributed by atoms with Crippen molar-refractivity contribution in [1.82, 2.24) is 19.4 Å². The molecule has 0 spiro atoms. The minimum absolute atomic E-state index is 0.0489. The van der Waals surface area contributed by atoms with Crippen LogP contribution in [0, 0.1) is 0 Å². The predicted molar refractivity (Wildman–Crippen MR) is 96.3 cm³/mol. The first-order valence-corrected chi connectivity index (χ1v) is 10.6. The van der Waals surface area contributed by atoms with Crippen LogP contribution >= 0.6 is 0 Å². The lowest BCUT2D eigenvalue weighted by atomic mass is 10.0. The Morgan fingerprint density at radius 2 is 1.92 bits per heavy atom. The number of benzene rings is 1. The zero-order chi connectivity index (χ0) is 18.3. The molecule has 2 aromatic rings. The van der Waals surface area contributed by atoms with E-state index < -0.39 is 10.0 Å². The van der Waals surface area contributed by atoms with Crippen LogP contribution in [0.2, 0.25) is 0 Å². The molecule has 0 atom stereocenters. The van der Waals surface area contributed by atoms with Crippen molar-refractivity contribution in [2.45, 2.75) is 24.9 Å². The summed E-state index contributed by atoms with van der Waals surface area (Å²) in [4.78, 5) is 14.4. The number of hydrogen-bond donors (Lipinski definition) is 1. The molecular weight excluding hydrogens is 356 g/mol. The summed E-state index contributed by atoms with van der Waals surface area (Å²) in [5, 5.41) is 7.79. The average molecular weight is 378 g/mol. The number of para-hydroxylation sites is 1. The molecule has 4 rings (SSSR count). The molecule has 1 aromatic heterocycles. The predicted octanol–water partition coefficient (Wildman–Crippen LogP) is 0.828. The van der Waals surface area contributed by atoms with E-state index in [1.54, 1.807) is 9.21 Å². The van der Waals surface area contributed by atoms with Gasteiger partial charge in [-0.3, -0.25) is 9.89 Å². The van der Waals surface area contributed by atoms with E-state index >= 15 is 0 Å². The van der Waals surface area contributed by atoms with E-state index in [1.165, 1.54) is 6.26 Å². The summed E-state index contributed by atoms with van der Waals surface area (Å²) in [6, 6.07) is 7.24. The maximum Gasteiger partial charge on any atom is 0.275 e. The van der Waals surface area contributed by atoms with Gasteiger partial charge in [-0.2, -0.15) is 9.40 Å². The van der Waals surface area contributed by atoms with Crippen LogP contribution < -0.4 is 0 Å². The lowest BCUT2D eigenvalue weighted by molar-refractivity contribution is 0.0124. The number of sulfonamides is 1. The van der Waals surface area contributed by atoms with E-state index in [1.807, 2.05) is 24.3 Å². The van der Waals surface area contributed by atoms with Gasteiger partial charge >= 0.3 is 0 Å². The van der Waals surface area contributed by atoms with Gasteiger partial charge in [0.25, 0.3) is 5.91 Å². The second kappa shape index (κ2) is 6.64. The molecule has 1 aromatic carbocycles. The third kappa shape index (κ3) is 3.10. The molecule has 2 aliphatic rings. The lowest BCUT2D eigenvalue weighted by Gasteiger charge is -2.47. The number of aromatic amines is 1. The number of aromatic nitrogens is 2. The Labute approximate surface area is 152 Å². The minimum atomic E-state index is -3.34. The second-order valence-corrected chi connectivity index (χ2v) is 8.81. The van der Waals surface area contributed by atoms with E-state index in [0.29, 0.717) is 44.8 Å². The highest BCUT2D eigenvalue weighted by Gasteiger charge is 2.43. The van der Waals surface area contributed by atoms with Crippen LogP contribution in [0.4, 0.5) is 0 Å². The Hall–Kier alpha value is -1.97. The first-order valence-electron chi connectivity index (χ1n) is 8.74. The number of rotatable bonds is 4. The number of ether oxygens (including phenoxy) is 1. The van der Waals surface area contributed by atoms with E-state index in [4.69, 9.17) is 4.74 Å². The molecule has 9 heteroatoms. The molecular formula is C17H22N4O4S. The zero-order valence-corrected chi connectivity index (χ0v) is 15.4. The van der Waals surface area contributed by atoms with Gasteiger partial charge in [-0.05, 0) is 18.9 Å². The Balaban J connectivity index is 1.48. The molecule has 0 aliphatic carbocycles. The summed E-state index contributed by atoms with van der Waals surface area (Å²) in [5.41, 5.74) is 1.20. The minimum Gasteiger partial charge on any atom is -0.381 e. The van der Waals surface area contributed by atoms with Gasteiger partial charge in [0, 0.05) is 37.7 Å². The van der Waals surface area contributed by atoms with Crippen LogP contribution in [0.3, 0.4) is 0 Å². The van der Waals surface area contributed by atoms with Crippen molar-refractivity contribution >= 4 is 26.8 Å². The van der Waals surface area contributed by atoms with Crippen LogP contribution in [0.15, 0.2) is 24.3 Å². The van der Waals surface area contributed by atoms with Crippen molar-refractivity contribution in [3.8, 4) is 0 Å². The molecule has 1 N–H and O–H groups in total. The van der Waals surface area contributed by atoms with Crippen molar-refractivity contribution in [3.05, 3.63) is 30.0 Å². The summed E-state index contributed by atoms with van der Waals surface area (Å²) in [6.45, 7) is 1.94. The van der Waals surface area contributed by atoms with E-state index in [0.717, 1.165) is 10.9 Å². The SMILES string of the molecule is CS(=O)(=O)N(C1CCOCC1)C1CN(C(=O)c2n[nH]c3ccccc23)C1. The average Bonchev–Trinajstić information content (AvgIpc) is 3.01. The molecule has 2 aliphatic heterocycles. The normalized spacial score (nSPS) is 19.8. The molecule has 0 bridgehead atoms. The Morgan fingerprint density at radius 3 is 2.62 bits per heavy atom. The van der Waals surface area contributed by atoms with Gasteiger partial charge in [0.2, 0.25) is 10.0 Å². The van der Waals surface area contributed by atoms with Crippen LogP contribution in [0.25, 0.3) is 10.9 Å². The number of fused-ring (bicyclic) bond motifs is 1. The fourth-order valence-electron chi connectivity index (χ4n) is 3.84. The third-order valence-corrected chi connectivity index (χ3v) is 6.48. The summed E-state index contributed by atoms with van der Waals surface area (Å²) in [5.74, 6) is -0.167. The molecule has 0 saturated carbocycles. The van der Waals surface area contributed by atoms with Gasteiger partial charge in [-0.25, -0.2) is 8.42 Å². The van der Waals surface area contributed by atoms with Gasteiger partial charge in [-0.15, -0.1) is 0 Å². The third-order valence-electron chi connectivity index (χ3n) is 5.12. The van der Waals surface area contributed by atoms with Crippen molar-refractivity contribution < 1.29 is 17.9 Å². The number of carbonyl (C=O) groups excluding carboxylic acids is 1. The smallest absolute Gasteiger partial charge is 0.275 e. The Morgan fingerprint density at radius 1 is 1.23 bits per heavy atom. The van der Waals surface area contributed by atoms with Gasteiger partial charge < -0.3 is 9.64 Å². The summed E-state index contributed by atoms with van der Waals surface area (Å²) in [7, 11) is -3.34. The number of nitrogens with zero attached hydrogens (tertiary/aromatic N) is 3. The van der Waals surface area contributed by atoms with Crippen LogP contribution in [0.1, 0.15) is 23.3 Å². The fraction of sp³-hybridized carbons (Fsp3) is 0.529. The maximum atomic E-state index is 12.8. The number of H-pyrrole nitrogens is 1. The summed E-state index contributed by atoms with van der Waals surface area (Å²) < 4.78 is 31.5. The van der Waals surface area contributed by atoms with Crippen LogP contribution in [0.5, 0.6) is 0 Å². The molecule has 0 radical (unpaired) electrons. The molecule has 3 heterocycles. The monoisotopic (exact) mass is 378 g/mol. The molecule has 140 valence electrons. The molecule has 26 heavy (non-hydrogen) atoms. The van der Waals surface area contributed by atoms with Crippen LogP contribution in [-0.2, 0) is 14.8 Å². The quantitative estimate of drug-likeness (QED) is 0.850. The lowest BCUT2D eigenvalue weighted by Crippen LogP contribution is -2.64. The van der Waals surface area contributed by atoms with Gasteiger partial charge in [-0.1, -0.05) is 18.2 Å². The molecule has 1 amide bonds. The first-order chi connectivity index (χ1) is 12.4. The standard InChI is InChI=1S/C17H22N4O4S/c1-26(23,24)21(12-6-8-25-9-7-12)13-10-20(11-13)17(22)16-14-4-2-3-5-15(14)18-19-16/h2-5,12-13H,6-11H2,1H3,(H,18,19). The van der Waals surface area contributed by atoms with Crippen molar-refractivity contribution in [1.29, 1.82) is 0 Å². The maximum absolute atomic E-state index is 12.8. The van der Waals surface area contributed by atoms with Crippen molar-refractivity contribution in [2.75, 3.05) is 32.6 Å². The molecule has 8 nitrogen and oxygen atoms in total. The number of amides is 1. The number of hydrogen-bond acceptors (Lipinski definition) is 5. The van der Waals surface area contributed by atoms with E-state index in [9.17, 15) is 13.2 Å². The highest BCUT2D eigenvalue weighted by molar-refractivity contribution is 7.88. The largest absolute Gasteiger partial charge is 0.381 e. The zero-order valence-electron chi connectivity index (χ0n) is 14.6. The first kappa shape index (κ1) is 17.4. The van der Waals surface area contributed by atoms with E-state index in [-0.39, 0.29) is 18.0 Å². The summed E-state index contributed by atoms with van der Waals surface area (Å²) >= 11 is 0. The van der Waals surface area contributed by atoms with Crippen molar-refractivity contribution in [2.24, 2.45) is 0 Å². The van der Waals surface area contributed by atoms with Crippen molar-refractivity contribution in [3.63, 3.8) is 0 Å².